The number of amides is 1. The van der Waals surface area contributed by atoms with Gasteiger partial charge >= 0.3 is 0 Å². The number of hydrogen-bond donors (Lipinski definition) is 2. The maximum absolute atomic E-state index is 12.7. The van der Waals surface area contributed by atoms with Crippen LogP contribution in [0, 0.1) is 0 Å². The van der Waals surface area contributed by atoms with Crippen molar-refractivity contribution in [1.29, 1.82) is 0 Å². The highest BCUT2D eigenvalue weighted by molar-refractivity contribution is 6.30. The van der Waals surface area contributed by atoms with Crippen LogP contribution in [0.2, 0.25) is 5.02 Å². The molecule has 0 bridgehead atoms. The zero-order valence-electron chi connectivity index (χ0n) is 12.7. The van der Waals surface area contributed by atoms with Crippen LogP contribution in [0.25, 0.3) is 0 Å². The highest BCUT2D eigenvalue weighted by Crippen LogP contribution is 2.22. The molecule has 0 radical (unpaired) electrons. The average molecular weight is 331 g/mol. The van der Waals surface area contributed by atoms with E-state index in [1.165, 1.54) is 0 Å². The summed E-state index contributed by atoms with van der Waals surface area (Å²) in [6.07, 6.45) is 0. The van der Waals surface area contributed by atoms with E-state index in [9.17, 15) is 9.90 Å². The summed E-state index contributed by atoms with van der Waals surface area (Å²) < 4.78 is 0. The minimum atomic E-state index is -0.0617. The van der Waals surface area contributed by atoms with Crippen LogP contribution in [0.3, 0.4) is 0 Å². The van der Waals surface area contributed by atoms with Crippen molar-refractivity contribution in [1.82, 2.24) is 10.2 Å². The number of halogens is 1. The summed E-state index contributed by atoms with van der Waals surface area (Å²) in [5.74, 6) is -0.00571. The number of nitrogens with one attached hydrogen (secondary N) is 1. The van der Waals surface area contributed by atoms with E-state index in [0.29, 0.717) is 23.7 Å². The van der Waals surface area contributed by atoms with Crippen LogP contribution >= 0.6 is 11.6 Å². The number of benzene rings is 2. The van der Waals surface area contributed by atoms with E-state index in [4.69, 9.17) is 11.6 Å². The molecule has 1 amide bonds. The largest absolute Gasteiger partial charge is 0.392 e. The summed E-state index contributed by atoms with van der Waals surface area (Å²) in [5.41, 5.74) is 2.44. The molecule has 120 valence electrons. The number of nitrogens with zero attached hydrogens (tertiary/aromatic N) is 1. The van der Waals surface area contributed by atoms with Gasteiger partial charge in [0.25, 0.3) is 5.91 Å². The van der Waals surface area contributed by atoms with Crippen LogP contribution in [0.5, 0.6) is 0 Å². The molecule has 1 heterocycles. The molecule has 0 aliphatic carbocycles. The van der Waals surface area contributed by atoms with Crippen LogP contribution in [0.1, 0.15) is 27.5 Å². The normalized spacial score (nSPS) is 18.0. The summed E-state index contributed by atoms with van der Waals surface area (Å²) in [6.45, 7) is 1.94. The minimum Gasteiger partial charge on any atom is -0.392 e. The number of hydrogen-bond acceptors (Lipinski definition) is 3. The molecule has 2 aromatic carbocycles. The summed E-state index contributed by atoms with van der Waals surface area (Å²) >= 11 is 6.06. The van der Waals surface area contributed by atoms with Gasteiger partial charge in [-0.05, 0) is 35.4 Å². The maximum atomic E-state index is 12.7. The second kappa shape index (κ2) is 7.13. The SMILES string of the molecule is O=C(c1cccc(CO)c1)N1CCNC(c2cccc(Cl)c2)C1. The highest BCUT2D eigenvalue weighted by atomic mass is 35.5. The standard InChI is InChI=1S/C18H19ClN2O2/c19-16-6-2-4-14(10-16)17-11-21(8-7-20-17)18(23)15-5-1-3-13(9-15)12-22/h1-6,9-10,17,20,22H,7-8,11-12H2. The van der Waals surface area contributed by atoms with Gasteiger partial charge in [-0.15, -0.1) is 0 Å². The third-order valence-corrected chi connectivity index (χ3v) is 4.31. The number of rotatable bonds is 3. The van der Waals surface area contributed by atoms with Gasteiger partial charge in [-0.3, -0.25) is 4.79 Å². The van der Waals surface area contributed by atoms with E-state index in [1.807, 2.05) is 35.2 Å². The summed E-state index contributed by atoms with van der Waals surface area (Å²) in [6, 6.07) is 14.9. The monoisotopic (exact) mass is 330 g/mol. The van der Waals surface area contributed by atoms with E-state index in [-0.39, 0.29) is 18.6 Å². The van der Waals surface area contributed by atoms with Crippen LogP contribution in [-0.4, -0.2) is 35.5 Å². The van der Waals surface area contributed by atoms with Gasteiger partial charge in [0.1, 0.15) is 0 Å². The molecule has 0 aromatic heterocycles. The molecule has 1 aliphatic heterocycles. The van der Waals surface area contributed by atoms with Crippen LogP contribution in [-0.2, 0) is 6.61 Å². The van der Waals surface area contributed by atoms with Gasteiger partial charge in [0.15, 0.2) is 0 Å². The maximum Gasteiger partial charge on any atom is 0.253 e. The Morgan fingerprint density at radius 2 is 2.09 bits per heavy atom. The quantitative estimate of drug-likeness (QED) is 0.909. The van der Waals surface area contributed by atoms with Crippen molar-refractivity contribution < 1.29 is 9.90 Å². The second-order valence-electron chi connectivity index (χ2n) is 5.67. The molecule has 0 spiro atoms. The lowest BCUT2D eigenvalue weighted by molar-refractivity contribution is 0.0703. The Labute approximate surface area is 140 Å². The lowest BCUT2D eigenvalue weighted by atomic mass is 10.0. The predicted molar refractivity (Wildman–Crippen MR) is 90.5 cm³/mol. The number of aliphatic hydroxyl groups is 1. The Balaban J connectivity index is 1.76. The topological polar surface area (TPSA) is 52.6 Å². The number of piperazine rings is 1. The number of carbonyl (C=O) groups is 1. The third kappa shape index (κ3) is 3.72. The van der Waals surface area contributed by atoms with Gasteiger partial charge in [-0.2, -0.15) is 0 Å². The van der Waals surface area contributed by atoms with Crippen LogP contribution in [0.4, 0.5) is 0 Å². The Kier molecular flexibility index (Phi) is 4.96. The Bertz CT molecular complexity index is 705. The lowest BCUT2D eigenvalue weighted by Crippen LogP contribution is -2.48. The molecule has 1 fully saturated rings. The van der Waals surface area contributed by atoms with Gasteiger partial charge in [0.2, 0.25) is 0 Å². The van der Waals surface area contributed by atoms with E-state index in [0.717, 1.165) is 17.7 Å². The minimum absolute atomic E-state index is 0.00571. The van der Waals surface area contributed by atoms with Gasteiger partial charge in [0.05, 0.1) is 12.6 Å². The first-order valence-electron chi connectivity index (χ1n) is 7.65. The third-order valence-electron chi connectivity index (χ3n) is 4.07. The number of aliphatic hydroxyl groups excluding tert-OH is 1. The molecular weight excluding hydrogens is 312 g/mol. The summed E-state index contributed by atoms with van der Waals surface area (Å²) in [7, 11) is 0. The molecule has 1 aliphatic rings. The number of carbonyl (C=O) groups excluding carboxylic acids is 1. The highest BCUT2D eigenvalue weighted by Gasteiger charge is 2.25. The van der Waals surface area contributed by atoms with E-state index in [1.54, 1.807) is 18.2 Å². The fraction of sp³-hybridized carbons (Fsp3) is 0.278. The smallest absolute Gasteiger partial charge is 0.253 e. The van der Waals surface area contributed by atoms with E-state index >= 15 is 0 Å². The molecular formula is C18H19ClN2O2. The van der Waals surface area contributed by atoms with Gasteiger partial charge in [-0.1, -0.05) is 35.9 Å². The molecule has 4 nitrogen and oxygen atoms in total. The Morgan fingerprint density at radius 1 is 1.26 bits per heavy atom. The molecule has 1 saturated heterocycles. The summed E-state index contributed by atoms with van der Waals surface area (Å²) in [5, 5.41) is 13.4. The zero-order chi connectivity index (χ0) is 16.2. The summed E-state index contributed by atoms with van der Waals surface area (Å²) in [4.78, 5) is 14.5. The molecule has 1 unspecified atom stereocenters. The zero-order valence-corrected chi connectivity index (χ0v) is 13.5. The Morgan fingerprint density at radius 3 is 2.87 bits per heavy atom. The lowest BCUT2D eigenvalue weighted by Gasteiger charge is -2.34. The predicted octanol–water partition coefficient (Wildman–Crippen LogP) is 2.62. The fourth-order valence-corrected chi connectivity index (χ4v) is 3.07. The van der Waals surface area contributed by atoms with E-state index in [2.05, 4.69) is 5.32 Å². The molecule has 5 heteroatoms. The molecule has 1 atom stereocenters. The molecule has 3 rings (SSSR count). The van der Waals surface area contributed by atoms with Crippen molar-refractivity contribution in [3.8, 4) is 0 Å². The van der Waals surface area contributed by atoms with Crippen molar-refractivity contribution in [3.05, 3.63) is 70.2 Å². The van der Waals surface area contributed by atoms with Crippen molar-refractivity contribution in [2.24, 2.45) is 0 Å². The fourth-order valence-electron chi connectivity index (χ4n) is 2.87. The van der Waals surface area contributed by atoms with Crippen molar-refractivity contribution in [2.45, 2.75) is 12.6 Å². The van der Waals surface area contributed by atoms with Crippen molar-refractivity contribution in [2.75, 3.05) is 19.6 Å². The van der Waals surface area contributed by atoms with E-state index < -0.39 is 0 Å². The van der Waals surface area contributed by atoms with Gasteiger partial charge in [0, 0.05) is 30.2 Å². The first-order valence-corrected chi connectivity index (χ1v) is 8.03. The molecule has 2 aromatic rings. The Hall–Kier alpha value is -1.88. The van der Waals surface area contributed by atoms with Crippen molar-refractivity contribution >= 4 is 17.5 Å². The van der Waals surface area contributed by atoms with Crippen molar-refractivity contribution in [3.63, 3.8) is 0 Å². The van der Waals surface area contributed by atoms with Crippen LogP contribution < -0.4 is 5.32 Å². The molecule has 0 saturated carbocycles. The second-order valence-corrected chi connectivity index (χ2v) is 6.11. The average Bonchev–Trinajstić information content (AvgIpc) is 2.61. The molecule has 23 heavy (non-hydrogen) atoms. The van der Waals surface area contributed by atoms with Crippen LogP contribution in [0.15, 0.2) is 48.5 Å². The first kappa shape index (κ1) is 16.0. The first-order chi connectivity index (χ1) is 11.2. The van der Waals surface area contributed by atoms with Gasteiger partial charge in [-0.25, -0.2) is 0 Å². The molecule has 2 N–H and O–H groups in total. The van der Waals surface area contributed by atoms with Gasteiger partial charge < -0.3 is 15.3 Å².